The number of aromatic amines is 1. The first-order valence-corrected chi connectivity index (χ1v) is 8.64. The number of nitrogens with zero attached hydrogens (tertiary/aromatic N) is 3. The molecule has 0 radical (unpaired) electrons. The molecule has 0 aromatic carbocycles. The minimum Gasteiger partial charge on any atom is -0.417 e. The van der Waals surface area contributed by atoms with Gasteiger partial charge in [0.15, 0.2) is 0 Å². The van der Waals surface area contributed by atoms with Crippen molar-refractivity contribution in [3.8, 4) is 28.4 Å². The summed E-state index contributed by atoms with van der Waals surface area (Å²) < 4.78 is 29.7. The molecule has 1 amide bonds. The number of anilines is 1. The number of hydrogen-bond acceptors (Lipinski definition) is 5. The summed E-state index contributed by atoms with van der Waals surface area (Å²) in [5.41, 5.74) is 3.80. The van der Waals surface area contributed by atoms with E-state index < -0.39 is 6.61 Å². The topological polar surface area (TPSA) is 92.8 Å². The minimum atomic E-state index is -2.97. The summed E-state index contributed by atoms with van der Waals surface area (Å²) in [6.45, 7) is -1.58. The number of aromatic nitrogens is 4. The fraction of sp³-hybridized carbons (Fsp3) is 0.100. The van der Waals surface area contributed by atoms with Crippen molar-refractivity contribution >= 4 is 22.8 Å². The number of halogens is 2. The summed E-state index contributed by atoms with van der Waals surface area (Å²) in [6, 6.07) is 11.7. The Morgan fingerprint density at radius 2 is 2.00 bits per heavy atom. The number of hydrogen-bond donors (Lipinski definition) is 2. The van der Waals surface area contributed by atoms with Crippen LogP contribution in [0.3, 0.4) is 0 Å². The highest BCUT2D eigenvalue weighted by molar-refractivity contribution is 6.01. The first-order chi connectivity index (χ1) is 14.0. The molecule has 29 heavy (non-hydrogen) atoms. The Bertz CT molecular complexity index is 1190. The van der Waals surface area contributed by atoms with Gasteiger partial charge >= 0.3 is 6.61 Å². The van der Waals surface area contributed by atoms with Crippen molar-refractivity contribution in [2.45, 2.75) is 13.5 Å². The molecule has 4 aromatic heterocycles. The Hall–Kier alpha value is -3.88. The van der Waals surface area contributed by atoms with E-state index in [1.54, 1.807) is 42.7 Å². The van der Waals surface area contributed by atoms with Gasteiger partial charge in [0.05, 0.1) is 28.0 Å². The van der Waals surface area contributed by atoms with Crippen LogP contribution >= 0.6 is 0 Å². The zero-order valence-electron chi connectivity index (χ0n) is 15.2. The Morgan fingerprint density at radius 1 is 1.14 bits per heavy atom. The number of rotatable bonds is 5. The molecule has 2 N–H and O–H groups in total. The van der Waals surface area contributed by atoms with E-state index in [0.29, 0.717) is 28.3 Å². The number of nitrogens with one attached hydrogen (secondary N) is 2. The van der Waals surface area contributed by atoms with Crippen LogP contribution in [0, 0.1) is 0 Å². The molecule has 7 nitrogen and oxygen atoms in total. The lowest BCUT2D eigenvalue weighted by Crippen LogP contribution is -2.07. The van der Waals surface area contributed by atoms with Crippen molar-refractivity contribution in [2.75, 3.05) is 5.32 Å². The molecule has 0 atom stereocenters. The standard InChI is InChI=1S/C20H15F2N5O2/c1-11(28)25-15-10-12(7-9-23-15)18-17(19-14(27-18)5-3-8-24-19)13-4-2-6-16(26-13)29-20(21)22/h2-10,20,27H,1H3,(H,23,25,28). The fourth-order valence-corrected chi connectivity index (χ4v) is 3.03. The number of carbonyl (C=O) groups excluding carboxylic acids is 1. The number of ether oxygens (including phenoxy) is 1. The van der Waals surface area contributed by atoms with Crippen molar-refractivity contribution in [2.24, 2.45) is 0 Å². The van der Waals surface area contributed by atoms with Crippen LogP contribution in [0.15, 0.2) is 54.9 Å². The second-order valence-corrected chi connectivity index (χ2v) is 6.13. The first-order valence-electron chi connectivity index (χ1n) is 8.64. The van der Waals surface area contributed by atoms with E-state index in [4.69, 9.17) is 0 Å². The van der Waals surface area contributed by atoms with Crippen molar-refractivity contribution < 1.29 is 18.3 Å². The Morgan fingerprint density at radius 3 is 2.79 bits per heavy atom. The zero-order valence-corrected chi connectivity index (χ0v) is 15.2. The van der Waals surface area contributed by atoms with Gasteiger partial charge in [0, 0.05) is 30.9 Å². The van der Waals surface area contributed by atoms with E-state index in [0.717, 1.165) is 11.1 Å². The van der Waals surface area contributed by atoms with Gasteiger partial charge in [-0.2, -0.15) is 8.78 Å². The van der Waals surface area contributed by atoms with Gasteiger partial charge in [0.1, 0.15) is 5.82 Å². The van der Waals surface area contributed by atoms with Crippen molar-refractivity contribution in [1.82, 2.24) is 19.9 Å². The molecule has 4 aromatic rings. The lowest BCUT2D eigenvalue weighted by molar-refractivity contribution is -0.114. The summed E-state index contributed by atoms with van der Waals surface area (Å²) in [5, 5.41) is 2.64. The average Bonchev–Trinajstić information content (AvgIpc) is 3.07. The summed E-state index contributed by atoms with van der Waals surface area (Å²) in [5.74, 6) is -0.0515. The van der Waals surface area contributed by atoms with E-state index in [9.17, 15) is 13.6 Å². The monoisotopic (exact) mass is 395 g/mol. The van der Waals surface area contributed by atoms with Crippen LogP contribution in [0.2, 0.25) is 0 Å². The van der Waals surface area contributed by atoms with Crippen molar-refractivity contribution in [3.63, 3.8) is 0 Å². The summed E-state index contributed by atoms with van der Waals surface area (Å²) in [7, 11) is 0. The van der Waals surface area contributed by atoms with E-state index in [1.165, 1.54) is 13.0 Å². The smallest absolute Gasteiger partial charge is 0.388 e. The molecule has 0 saturated carbocycles. The molecular weight excluding hydrogens is 380 g/mol. The molecule has 0 unspecified atom stereocenters. The van der Waals surface area contributed by atoms with Crippen LogP contribution in [0.5, 0.6) is 5.88 Å². The minimum absolute atomic E-state index is 0.192. The highest BCUT2D eigenvalue weighted by Gasteiger charge is 2.19. The number of carbonyl (C=O) groups is 1. The summed E-state index contributed by atoms with van der Waals surface area (Å²) >= 11 is 0. The summed E-state index contributed by atoms with van der Waals surface area (Å²) in [4.78, 5) is 27.4. The molecule has 4 rings (SSSR count). The van der Waals surface area contributed by atoms with Crippen LogP contribution in [-0.2, 0) is 4.79 Å². The first kappa shape index (κ1) is 18.5. The third-order valence-corrected chi connectivity index (χ3v) is 4.10. The van der Waals surface area contributed by atoms with Crippen LogP contribution in [-0.4, -0.2) is 32.5 Å². The van der Waals surface area contributed by atoms with Crippen molar-refractivity contribution in [1.29, 1.82) is 0 Å². The highest BCUT2D eigenvalue weighted by Crippen LogP contribution is 2.37. The highest BCUT2D eigenvalue weighted by atomic mass is 19.3. The van der Waals surface area contributed by atoms with Gasteiger partial charge in [-0.05, 0) is 30.3 Å². The van der Waals surface area contributed by atoms with Gasteiger partial charge in [-0.15, -0.1) is 0 Å². The van der Waals surface area contributed by atoms with Gasteiger partial charge in [0.25, 0.3) is 0 Å². The number of amides is 1. The fourth-order valence-electron chi connectivity index (χ4n) is 3.03. The normalized spacial score (nSPS) is 11.0. The average molecular weight is 395 g/mol. The number of alkyl halides is 2. The molecule has 9 heteroatoms. The molecule has 0 aliphatic carbocycles. The summed E-state index contributed by atoms with van der Waals surface area (Å²) in [6.07, 6.45) is 3.20. The predicted octanol–water partition coefficient (Wildman–Crippen LogP) is 4.25. The van der Waals surface area contributed by atoms with Crippen molar-refractivity contribution in [3.05, 3.63) is 54.9 Å². The molecular formula is C20H15F2N5O2. The van der Waals surface area contributed by atoms with E-state index in [-0.39, 0.29) is 11.8 Å². The molecule has 4 heterocycles. The maximum atomic E-state index is 12.6. The number of H-pyrrole nitrogens is 1. The molecule has 0 aliphatic heterocycles. The van der Waals surface area contributed by atoms with Crippen LogP contribution in [0.1, 0.15) is 6.92 Å². The molecule has 146 valence electrons. The Labute approximate surface area is 163 Å². The van der Waals surface area contributed by atoms with Gasteiger partial charge in [-0.25, -0.2) is 9.97 Å². The number of pyridine rings is 3. The van der Waals surface area contributed by atoms with Crippen LogP contribution in [0.25, 0.3) is 33.5 Å². The quantitative estimate of drug-likeness (QED) is 0.527. The van der Waals surface area contributed by atoms with Crippen LogP contribution < -0.4 is 10.1 Å². The molecule has 0 fully saturated rings. The third-order valence-electron chi connectivity index (χ3n) is 4.10. The van der Waals surface area contributed by atoms with Gasteiger partial charge in [0.2, 0.25) is 11.8 Å². The molecule has 0 bridgehead atoms. The molecule has 0 spiro atoms. The van der Waals surface area contributed by atoms with E-state index in [2.05, 4.69) is 30.0 Å². The molecule has 0 saturated heterocycles. The lowest BCUT2D eigenvalue weighted by atomic mass is 10.0. The van der Waals surface area contributed by atoms with Gasteiger partial charge in [-0.1, -0.05) is 6.07 Å². The Kier molecular flexibility index (Phi) is 4.86. The lowest BCUT2D eigenvalue weighted by Gasteiger charge is -2.08. The molecule has 0 aliphatic rings. The largest absolute Gasteiger partial charge is 0.417 e. The van der Waals surface area contributed by atoms with E-state index in [1.807, 2.05) is 6.07 Å². The maximum Gasteiger partial charge on any atom is 0.388 e. The predicted molar refractivity (Wildman–Crippen MR) is 103 cm³/mol. The Balaban J connectivity index is 1.90. The van der Waals surface area contributed by atoms with Gasteiger partial charge in [-0.3, -0.25) is 9.78 Å². The SMILES string of the molecule is CC(=O)Nc1cc(-c2[nH]c3cccnc3c2-c2cccc(OC(F)F)n2)ccn1. The third kappa shape index (κ3) is 3.88. The number of fused-ring (bicyclic) bond motifs is 1. The second kappa shape index (κ2) is 7.63. The van der Waals surface area contributed by atoms with E-state index >= 15 is 0 Å². The zero-order chi connectivity index (χ0) is 20.4. The van der Waals surface area contributed by atoms with Gasteiger partial charge < -0.3 is 15.0 Å². The van der Waals surface area contributed by atoms with Crippen LogP contribution in [0.4, 0.5) is 14.6 Å². The maximum absolute atomic E-state index is 12.6. The second-order valence-electron chi connectivity index (χ2n) is 6.13.